The standard InChI is InChI=1S/C22H16F2N6O/c23-19(24)12-26-21(31)15-6-3-5-14(10-15)17-8-9-20-28-22(29-30(20)13-17)27-18-7-2-1-4-16(18)11-25/h1-10,13,19H,12H2,(H,26,31)(H,27,29). The third-order valence-electron chi connectivity index (χ3n) is 4.50. The number of aromatic nitrogens is 3. The fourth-order valence-corrected chi connectivity index (χ4v) is 3.03. The molecule has 31 heavy (non-hydrogen) atoms. The smallest absolute Gasteiger partial charge is 0.255 e. The highest BCUT2D eigenvalue weighted by Crippen LogP contribution is 2.23. The number of nitrogens with one attached hydrogen (secondary N) is 2. The fourth-order valence-electron chi connectivity index (χ4n) is 3.03. The minimum atomic E-state index is -2.61. The highest BCUT2D eigenvalue weighted by atomic mass is 19.3. The van der Waals surface area contributed by atoms with E-state index in [0.29, 0.717) is 22.8 Å². The van der Waals surface area contributed by atoms with Crippen molar-refractivity contribution < 1.29 is 13.6 Å². The topological polar surface area (TPSA) is 95.1 Å². The molecule has 0 saturated carbocycles. The molecule has 154 valence electrons. The Kier molecular flexibility index (Phi) is 5.53. The van der Waals surface area contributed by atoms with Gasteiger partial charge in [-0.2, -0.15) is 10.2 Å². The lowest BCUT2D eigenvalue weighted by Gasteiger charge is -2.07. The Bertz CT molecular complexity index is 1290. The van der Waals surface area contributed by atoms with Gasteiger partial charge in [-0.05, 0) is 42.0 Å². The maximum Gasteiger partial charge on any atom is 0.255 e. The Balaban J connectivity index is 1.59. The van der Waals surface area contributed by atoms with Gasteiger partial charge in [-0.15, -0.1) is 5.10 Å². The maximum absolute atomic E-state index is 12.3. The van der Waals surface area contributed by atoms with Crippen molar-refractivity contribution in [1.29, 1.82) is 5.26 Å². The number of nitriles is 1. The normalized spacial score (nSPS) is 10.8. The van der Waals surface area contributed by atoms with Gasteiger partial charge in [-0.3, -0.25) is 4.79 Å². The molecule has 0 saturated heterocycles. The average Bonchev–Trinajstić information content (AvgIpc) is 3.19. The summed E-state index contributed by atoms with van der Waals surface area (Å²) in [6.45, 7) is -0.696. The Morgan fingerprint density at radius 2 is 1.94 bits per heavy atom. The van der Waals surface area contributed by atoms with Crippen molar-refractivity contribution in [3.8, 4) is 17.2 Å². The van der Waals surface area contributed by atoms with Gasteiger partial charge in [0.25, 0.3) is 12.3 Å². The van der Waals surface area contributed by atoms with Gasteiger partial charge in [0, 0.05) is 17.3 Å². The van der Waals surface area contributed by atoms with Crippen molar-refractivity contribution in [2.45, 2.75) is 6.43 Å². The molecule has 0 spiro atoms. The van der Waals surface area contributed by atoms with Crippen LogP contribution in [0.3, 0.4) is 0 Å². The molecule has 0 atom stereocenters. The van der Waals surface area contributed by atoms with Gasteiger partial charge in [0.15, 0.2) is 5.65 Å². The molecule has 0 unspecified atom stereocenters. The zero-order chi connectivity index (χ0) is 21.8. The third kappa shape index (κ3) is 4.48. The van der Waals surface area contributed by atoms with Crippen LogP contribution in [0, 0.1) is 11.3 Å². The SMILES string of the molecule is N#Cc1ccccc1Nc1nc2ccc(-c3cccc(C(=O)NCC(F)F)c3)cn2n1. The number of hydrogen-bond acceptors (Lipinski definition) is 5. The summed E-state index contributed by atoms with van der Waals surface area (Å²) in [7, 11) is 0. The second-order valence-corrected chi connectivity index (χ2v) is 6.62. The van der Waals surface area contributed by atoms with Crippen molar-refractivity contribution in [2.24, 2.45) is 0 Å². The van der Waals surface area contributed by atoms with Gasteiger partial charge in [-0.25, -0.2) is 13.3 Å². The first kappa shape index (κ1) is 20.0. The molecule has 2 aromatic carbocycles. The molecule has 0 radical (unpaired) electrons. The van der Waals surface area contributed by atoms with E-state index in [2.05, 4.69) is 26.8 Å². The molecule has 2 heterocycles. The zero-order valence-electron chi connectivity index (χ0n) is 16.1. The number of para-hydroxylation sites is 1. The minimum absolute atomic E-state index is 0.285. The van der Waals surface area contributed by atoms with E-state index in [1.54, 1.807) is 53.2 Å². The van der Waals surface area contributed by atoms with E-state index in [1.807, 2.05) is 18.2 Å². The molecule has 2 aromatic heterocycles. The van der Waals surface area contributed by atoms with Crippen molar-refractivity contribution >= 4 is 23.2 Å². The van der Waals surface area contributed by atoms with Crippen LogP contribution in [-0.4, -0.2) is 33.5 Å². The number of fused-ring (bicyclic) bond motifs is 1. The summed E-state index contributed by atoms with van der Waals surface area (Å²) >= 11 is 0. The summed E-state index contributed by atoms with van der Waals surface area (Å²) in [4.78, 5) is 16.5. The molecule has 9 heteroatoms. The fraction of sp³-hybridized carbons (Fsp3) is 0.0909. The lowest BCUT2D eigenvalue weighted by atomic mass is 10.0. The van der Waals surface area contributed by atoms with E-state index in [4.69, 9.17) is 0 Å². The van der Waals surface area contributed by atoms with E-state index in [-0.39, 0.29) is 5.56 Å². The van der Waals surface area contributed by atoms with Crippen molar-refractivity contribution in [2.75, 3.05) is 11.9 Å². The van der Waals surface area contributed by atoms with E-state index in [0.717, 1.165) is 11.1 Å². The van der Waals surface area contributed by atoms with Crippen LogP contribution >= 0.6 is 0 Å². The molecule has 4 aromatic rings. The summed E-state index contributed by atoms with van der Waals surface area (Å²) in [5.74, 6) is -0.230. The van der Waals surface area contributed by atoms with E-state index in [9.17, 15) is 18.8 Å². The molecule has 0 aliphatic heterocycles. The van der Waals surface area contributed by atoms with Crippen LogP contribution < -0.4 is 10.6 Å². The highest BCUT2D eigenvalue weighted by molar-refractivity contribution is 5.95. The quantitative estimate of drug-likeness (QED) is 0.493. The molecule has 0 bridgehead atoms. The number of nitrogens with zero attached hydrogens (tertiary/aromatic N) is 4. The predicted octanol–water partition coefficient (Wildman–Crippen LogP) is 4.01. The Morgan fingerprint density at radius 1 is 1.10 bits per heavy atom. The Hall–Kier alpha value is -4.32. The van der Waals surface area contributed by atoms with E-state index >= 15 is 0 Å². The first-order valence-corrected chi connectivity index (χ1v) is 9.33. The highest BCUT2D eigenvalue weighted by Gasteiger charge is 2.11. The van der Waals surface area contributed by atoms with Crippen molar-refractivity contribution in [3.05, 3.63) is 78.0 Å². The first-order valence-electron chi connectivity index (χ1n) is 9.33. The largest absolute Gasteiger partial charge is 0.346 e. The summed E-state index contributed by atoms with van der Waals surface area (Å²) < 4.78 is 26.2. The summed E-state index contributed by atoms with van der Waals surface area (Å²) in [6.07, 6.45) is -0.857. The number of pyridine rings is 1. The van der Waals surface area contributed by atoms with Gasteiger partial charge in [0.2, 0.25) is 5.95 Å². The van der Waals surface area contributed by atoms with Gasteiger partial charge < -0.3 is 10.6 Å². The first-order chi connectivity index (χ1) is 15.0. The number of halogens is 2. The van der Waals surface area contributed by atoms with Crippen LogP contribution in [0.5, 0.6) is 0 Å². The number of amides is 1. The molecular formula is C22H16F2N6O. The van der Waals surface area contributed by atoms with E-state index in [1.165, 1.54) is 0 Å². The van der Waals surface area contributed by atoms with Crippen LogP contribution in [0.15, 0.2) is 66.9 Å². The Morgan fingerprint density at radius 3 is 2.74 bits per heavy atom. The van der Waals surface area contributed by atoms with Gasteiger partial charge in [-0.1, -0.05) is 24.3 Å². The second-order valence-electron chi connectivity index (χ2n) is 6.62. The molecule has 2 N–H and O–H groups in total. The number of hydrogen-bond donors (Lipinski definition) is 2. The molecule has 0 aliphatic rings. The van der Waals surface area contributed by atoms with Crippen LogP contribution in [0.2, 0.25) is 0 Å². The van der Waals surface area contributed by atoms with Crippen LogP contribution in [0.25, 0.3) is 16.8 Å². The van der Waals surface area contributed by atoms with Crippen LogP contribution in [0.4, 0.5) is 20.4 Å². The van der Waals surface area contributed by atoms with Crippen LogP contribution in [-0.2, 0) is 0 Å². The molecule has 7 nitrogen and oxygen atoms in total. The summed E-state index contributed by atoms with van der Waals surface area (Å²) in [6, 6.07) is 19.4. The average molecular weight is 418 g/mol. The van der Waals surface area contributed by atoms with Crippen molar-refractivity contribution in [3.63, 3.8) is 0 Å². The number of alkyl halides is 2. The second kappa shape index (κ2) is 8.59. The molecular weight excluding hydrogens is 402 g/mol. The molecule has 4 rings (SSSR count). The lowest BCUT2D eigenvalue weighted by Crippen LogP contribution is -2.28. The van der Waals surface area contributed by atoms with Crippen molar-refractivity contribution in [1.82, 2.24) is 19.9 Å². The molecule has 1 amide bonds. The Labute approximate surface area is 176 Å². The summed E-state index contributed by atoms with van der Waals surface area (Å²) in [5.41, 5.74) is 3.45. The number of rotatable bonds is 6. The lowest BCUT2D eigenvalue weighted by molar-refractivity contribution is 0.0891. The molecule has 0 fully saturated rings. The van der Waals surface area contributed by atoms with Gasteiger partial charge in [0.1, 0.15) is 6.07 Å². The predicted molar refractivity (Wildman–Crippen MR) is 111 cm³/mol. The maximum atomic E-state index is 12.3. The van der Waals surface area contributed by atoms with E-state index < -0.39 is 18.9 Å². The monoisotopic (exact) mass is 418 g/mol. The summed E-state index contributed by atoms with van der Waals surface area (Å²) in [5, 5.41) is 18.9. The number of carbonyl (C=O) groups is 1. The van der Waals surface area contributed by atoms with Gasteiger partial charge >= 0.3 is 0 Å². The number of anilines is 2. The zero-order valence-corrected chi connectivity index (χ0v) is 16.1. The third-order valence-corrected chi connectivity index (χ3v) is 4.50. The van der Waals surface area contributed by atoms with Crippen LogP contribution in [0.1, 0.15) is 15.9 Å². The number of benzene rings is 2. The van der Waals surface area contributed by atoms with Gasteiger partial charge in [0.05, 0.1) is 17.8 Å². The number of carbonyl (C=O) groups excluding carboxylic acids is 1. The minimum Gasteiger partial charge on any atom is -0.346 e. The molecule has 0 aliphatic carbocycles.